The van der Waals surface area contributed by atoms with Crippen LogP contribution in [0.3, 0.4) is 0 Å². The molecule has 2 aliphatic heterocycles. The van der Waals surface area contributed by atoms with Crippen LogP contribution in [-0.4, -0.2) is 29.9 Å². The molecule has 114 valence electrons. The molecule has 3 nitrogen and oxygen atoms in total. The Hall–Kier alpha value is -1.87. The summed E-state index contributed by atoms with van der Waals surface area (Å²) in [6.07, 6.45) is 4.53. The van der Waals surface area contributed by atoms with E-state index in [0.29, 0.717) is 5.92 Å². The highest BCUT2D eigenvalue weighted by atomic mass is 16.5. The summed E-state index contributed by atoms with van der Waals surface area (Å²) in [7, 11) is 0. The van der Waals surface area contributed by atoms with E-state index in [-0.39, 0.29) is 0 Å². The Bertz CT molecular complexity index is 731. The van der Waals surface area contributed by atoms with Crippen molar-refractivity contribution in [3.8, 4) is 5.75 Å². The van der Waals surface area contributed by atoms with Crippen LogP contribution < -0.4 is 4.74 Å². The van der Waals surface area contributed by atoms with Gasteiger partial charge in [-0.3, -0.25) is 9.89 Å². The van der Waals surface area contributed by atoms with Crippen molar-refractivity contribution in [3.05, 3.63) is 36.4 Å². The third-order valence-corrected chi connectivity index (χ3v) is 4.94. The zero-order valence-electron chi connectivity index (χ0n) is 13.2. The lowest BCUT2D eigenvalue weighted by molar-refractivity contribution is -0.0466. The van der Waals surface area contributed by atoms with Crippen LogP contribution in [-0.2, 0) is 0 Å². The smallest absolute Gasteiger partial charge is 0.202 e. The minimum Gasteiger partial charge on any atom is -0.465 e. The summed E-state index contributed by atoms with van der Waals surface area (Å²) < 4.78 is 6.55. The van der Waals surface area contributed by atoms with E-state index in [9.17, 15) is 0 Å². The second-order valence-corrected chi connectivity index (χ2v) is 6.59. The molecule has 1 atom stereocenters. The first-order chi connectivity index (χ1) is 10.7. The van der Waals surface area contributed by atoms with Crippen LogP contribution in [0.5, 0.6) is 5.75 Å². The lowest BCUT2D eigenvalue weighted by atomic mass is 9.97. The van der Waals surface area contributed by atoms with Gasteiger partial charge in [0.25, 0.3) is 0 Å². The van der Waals surface area contributed by atoms with Crippen LogP contribution in [0.2, 0.25) is 0 Å². The standard InChI is InChI=1S/C19H22N2O/c1-14(2)19(21-11-5-6-12-21)13-20-18-16-8-4-3-7-15(16)9-10-17(18)22-19/h3-4,7-10,13-14H,5-6,11-12H2,1-2H3. The number of nitrogens with zero attached hydrogens (tertiary/aromatic N) is 2. The molecule has 0 spiro atoms. The summed E-state index contributed by atoms with van der Waals surface area (Å²) in [5.41, 5.74) is 0.569. The number of ether oxygens (including phenoxy) is 1. The fraction of sp³-hybridized carbons (Fsp3) is 0.421. The number of hydrogen-bond acceptors (Lipinski definition) is 3. The van der Waals surface area contributed by atoms with Crippen molar-refractivity contribution in [1.29, 1.82) is 0 Å². The molecular weight excluding hydrogens is 272 g/mol. The molecule has 3 heteroatoms. The zero-order valence-corrected chi connectivity index (χ0v) is 13.2. The van der Waals surface area contributed by atoms with E-state index >= 15 is 0 Å². The molecule has 1 unspecified atom stereocenters. The summed E-state index contributed by atoms with van der Waals surface area (Å²) >= 11 is 0. The van der Waals surface area contributed by atoms with Crippen LogP contribution in [0, 0.1) is 5.92 Å². The number of likely N-dealkylation sites (tertiary alicyclic amines) is 1. The van der Waals surface area contributed by atoms with Crippen molar-refractivity contribution in [2.24, 2.45) is 10.9 Å². The monoisotopic (exact) mass is 294 g/mol. The largest absolute Gasteiger partial charge is 0.465 e. The molecule has 4 rings (SSSR count). The molecule has 2 aliphatic rings. The van der Waals surface area contributed by atoms with Gasteiger partial charge in [0.2, 0.25) is 5.72 Å². The highest BCUT2D eigenvalue weighted by Crippen LogP contribution is 2.43. The molecule has 2 aromatic carbocycles. The van der Waals surface area contributed by atoms with Crippen LogP contribution in [0.1, 0.15) is 26.7 Å². The number of rotatable bonds is 2. The average Bonchev–Trinajstić information content (AvgIpc) is 3.09. The highest BCUT2D eigenvalue weighted by Gasteiger charge is 2.44. The summed E-state index contributed by atoms with van der Waals surface area (Å²) in [6.45, 7) is 6.62. The predicted octanol–water partition coefficient (Wildman–Crippen LogP) is 4.38. The van der Waals surface area contributed by atoms with Crippen LogP contribution in [0.15, 0.2) is 41.4 Å². The summed E-state index contributed by atoms with van der Waals surface area (Å²) in [6, 6.07) is 12.6. The summed E-state index contributed by atoms with van der Waals surface area (Å²) in [4.78, 5) is 7.29. The van der Waals surface area contributed by atoms with Crippen molar-refractivity contribution in [1.82, 2.24) is 4.90 Å². The third kappa shape index (κ3) is 1.96. The first-order valence-corrected chi connectivity index (χ1v) is 8.22. The first-order valence-electron chi connectivity index (χ1n) is 8.22. The average molecular weight is 294 g/mol. The zero-order chi connectivity index (χ0) is 15.2. The number of hydrogen-bond donors (Lipinski definition) is 0. The maximum Gasteiger partial charge on any atom is 0.202 e. The second kappa shape index (κ2) is 5.10. The van der Waals surface area contributed by atoms with E-state index < -0.39 is 5.72 Å². The molecule has 2 heterocycles. The fourth-order valence-electron chi connectivity index (χ4n) is 3.66. The number of benzene rings is 2. The molecule has 1 saturated heterocycles. The molecule has 0 N–H and O–H groups in total. The van der Waals surface area contributed by atoms with Gasteiger partial charge in [0.15, 0.2) is 0 Å². The molecule has 0 bridgehead atoms. The van der Waals surface area contributed by atoms with E-state index in [1.165, 1.54) is 18.2 Å². The van der Waals surface area contributed by atoms with E-state index in [1.807, 2.05) is 6.21 Å². The summed E-state index contributed by atoms with van der Waals surface area (Å²) in [5.74, 6) is 1.26. The van der Waals surface area contributed by atoms with Crippen molar-refractivity contribution in [3.63, 3.8) is 0 Å². The van der Waals surface area contributed by atoms with Crippen molar-refractivity contribution in [2.45, 2.75) is 32.4 Å². The van der Waals surface area contributed by atoms with E-state index in [2.05, 4.69) is 55.1 Å². The second-order valence-electron chi connectivity index (χ2n) is 6.59. The van der Waals surface area contributed by atoms with Crippen molar-refractivity contribution in [2.75, 3.05) is 13.1 Å². The fourth-order valence-corrected chi connectivity index (χ4v) is 3.66. The van der Waals surface area contributed by atoms with Crippen LogP contribution in [0.4, 0.5) is 5.69 Å². The molecule has 22 heavy (non-hydrogen) atoms. The SMILES string of the molecule is CC(C)C1(N2CCCC2)C=Nc2c(ccc3ccccc23)O1. The number of fused-ring (bicyclic) bond motifs is 3. The Morgan fingerprint density at radius 2 is 1.86 bits per heavy atom. The molecule has 0 aliphatic carbocycles. The molecule has 0 aromatic heterocycles. The Morgan fingerprint density at radius 1 is 1.09 bits per heavy atom. The maximum absolute atomic E-state index is 6.55. The van der Waals surface area contributed by atoms with Crippen molar-refractivity contribution < 1.29 is 4.74 Å². The molecular formula is C19H22N2O. The molecule has 1 fully saturated rings. The highest BCUT2D eigenvalue weighted by molar-refractivity contribution is 5.98. The van der Waals surface area contributed by atoms with Gasteiger partial charge in [-0.15, -0.1) is 0 Å². The minimum atomic E-state index is -0.397. The first kappa shape index (κ1) is 13.8. The van der Waals surface area contributed by atoms with Gasteiger partial charge in [-0.25, -0.2) is 0 Å². The maximum atomic E-state index is 6.55. The normalized spacial score (nSPS) is 24.7. The van der Waals surface area contributed by atoms with Gasteiger partial charge in [-0.2, -0.15) is 0 Å². The van der Waals surface area contributed by atoms with Gasteiger partial charge in [-0.1, -0.05) is 44.2 Å². The Labute approximate surface area is 131 Å². The van der Waals surface area contributed by atoms with Crippen LogP contribution in [0.25, 0.3) is 10.8 Å². The van der Waals surface area contributed by atoms with E-state index in [4.69, 9.17) is 9.73 Å². The Balaban J connectivity index is 1.83. The molecule has 2 aromatic rings. The van der Waals surface area contributed by atoms with E-state index in [0.717, 1.165) is 29.9 Å². The predicted molar refractivity (Wildman–Crippen MR) is 91.1 cm³/mol. The van der Waals surface area contributed by atoms with Gasteiger partial charge in [0.1, 0.15) is 11.4 Å². The van der Waals surface area contributed by atoms with Gasteiger partial charge in [0, 0.05) is 24.4 Å². The Kier molecular flexibility index (Phi) is 3.19. The van der Waals surface area contributed by atoms with Gasteiger partial charge >= 0.3 is 0 Å². The summed E-state index contributed by atoms with van der Waals surface area (Å²) in [5, 5.41) is 2.37. The lowest BCUT2D eigenvalue weighted by Crippen LogP contribution is -2.58. The van der Waals surface area contributed by atoms with Gasteiger partial charge < -0.3 is 4.74 Å². The lowest BCUT2D eigenvalue weighted by Gasteiger charge is -2.43. The van der Waals surface area contributed by atoms with E-state index in [1.54, 1.807) is 0 Å². The quantitative estimate of drug-likeness (QED) is 0.821. The third-order valence-electron chi connectivity index (χ3n) is 4.94. The molecule has 0 saturated carbocycles. The van der Waals surface area contributed by atoms with Crippen molar-refractivity contribution >= 4 is 22.7 Å². The number of aliphatic imine (C=N–C) groups is 1. The van der Waals surface area contributed by atoms with Crippen LogP contribution >= 0.6 is 0 Å². The van der Waals surface area contributed by atoms with Gasteiger partial charge in [-0.05, 0) is 24.3 Å². The van der Waals surface area contributed by atoms with Gasteiger partial charge in [0.05, 0.1) is 6.21 Å². The molecule has 0 amide bonds. The minimum absolute atomic E-state index is 0.356. The topological polar surface area (TPSA) is 24.8 Å². The Morgan fingerprint density at radius 3 is 2.64 bits per heavy atom. The molecule has 0 radical (unpaired) electrons.